The van der Waals surface area contributed by atoms with Crippen LogP contribution in [0.25, 0.3) is 0 Å². The molecular formula is C21H27N3O. The van der Waals surface area contributed by atoms with Gasteiger partial charge in [-0.3, -0.25) is 4.79 Å². The van der Waals surface area contributed by atoms with Crippen LogP contribution in [-0.4, -0.2) is 42.5 Å². The monoisotopic (exact) mass is 337 g/mol. The minimum absolute atomic E-state index is 0.167. The highest BCUT2D eigenvalue weighted by Crippen LogP contribution is 2.23. The zero-order valence-corrected chi connectivity index (χ0v) is 15.2. The average molecular weight is 337 g/mol. The van der Waals surface area contributed by atoms with E-state index in [2.05, 4.69) is 17.0 Å². The van der Waals surface area contributed by atoms with Gasteiger partial charge in [-0.1, -0.05) is 24.3 Å². The Balaban J connectivity index is 1.67. The van der Waals surface area contributed by atoms with Crippen LogP contribution in [0.2, 0.25) is 0 Å². The van der Waals surface area contributed by atoms with Gasteiger partial charge < -0.3 is 9.80 Å². The molecule has 1 fully saturated rings. The molecule has 4 heteroatoms. The van der Waals surface area contributed by atoms with Crippen LogP contribution < -0.4 is 4.90 Å². The molecule has 25 heavy (non-hydrogen) atoms. The number of hydrogen-bond donors (Lipinski definition) is 0. The van der Waals surface area contributed by atoms with Crippen LogP contribution in [0, 0.1) is 0 Å². The van der Waals surface area contributed by atoms with E-state index in [9.17, 15) is 4.79 Å². The molecular weight excluding hydrogens is 310 g/mol. The lowest BCUT2D eigenvalue weighted by Gasteiger charge is -2.36. The standard InChI is InChI=1S/C21H27N3O/c1-23(2)20-13-8-11-18(22-20)14-15-19-12-6-7-16-24(19)21(25)17-9-4-3-5-10-17/h3-5,8-11,13,19H,6-7,12,14-16H2,1-2H3/t19-/m0/s1. The number of carbonyl (C=O) groups excluding carboxylic acids is 1. The van der Waals surface area contributed by atoms with Gasteiger partial charge in [-0.2, -0.15) is 0 Å². The van der Waals surface area contributed by atoms with Crippen molar-refractivity contribution in [3.63, 3.8) is 0 Å². The lowest BCUT2D eigenvalue weighted by atomic mass is 9.96. The summed E-state index contributed by atoms with van der Waals surface area (Å²) in [4.78, 5) is 21.7. The topological polar surface area (TPSA) is 36.4 Å². The predicted octanol–water partition coefficient (Wildman–Crippen LogP) is 3.78. The van der Waals surface area contributed by atoms with Gasteiger partial charge in [0, 0.05) is 37.9 Å². The molecule has 0 radical (unpaired) electrons. The molecule has 1 aromatic heterocycles. The van der Waals surface area contributed by atoms with E-state index in [0.717, 1.165) is 49.3 Å². The number of hydrogen-bond acceptors (Lipinski definition) is 3. The Morgan fingerprint density at radius 3 is 2.68 bits per heavy atom. The third-order valence-corrected chi connectivity index (χ3v) is 4.89. The Bertz CT molecular complexity index is 699. The van der Waals surface area contributed by atoms with Crippen LogP contribution in [0.3, 0.4) is 0 Å². The Morgan fingerprint density at radius 1 is 1.12 bits per heavy atom. The van der Waals surface area contributed by atoms with Crippen LogP contribution in [0.15, 0.2) is 48.5 Å². The Labute approximate surface area is 150 Å². The molecule has 0 saturated carbocycles. The molecule has 132 valence electrons. The molecule has 0 spiro atoms. The second-order valence-corrected chi connectivity index (χ2v) is 6.93. The molecule has 1 aliphatic rings. The highest BCUT2D eigenvalue weighted by molar-refractivity contribution is 5.94. The number of aromatic nitrogens is 1. The van der Waals surface area contributed by atoms with Gasteiger partial charge in [0.05, 0.1) is 0 Å². The Kier molecular flexibility index (Phi) is 5.69. The van der Waals surface area contributed by atoms with Gasteiger partial charge in [0.1, 0.15) is 5.82 Å². The van der Waals surface area contributed by atoms with E-state index in [-0.39, 0.29) is 5.91 Å². The van der Waals surface area contributed by atoms with Gasteiger partial charge in [-0.25, -0.2) is 4.98 Å². The second kappa shape index (κ2) is 8.15. The number of rotatable bonds is 5. The summed E-state index contributed by atoms with van der Waals surface area (Å²) in [6.45, 7) is 0.865. The zero-order chi connectivity index (χ0) is 17.6. The lowest BCUT2D eigenvalue weighted by Crippen LogP contribution is -2.44. The molecule has 1 aromatic carbocycles. The van der Waals surface area contributed by atoms with Crippen molar-refractivity contribution >= 4 is 11.7 Å². The number of nitrogens with zero attached hydrogens (tertiary/aromatic N) is 3. The largest absolute Gasteiger partial charge is 0.363 e. The van der Waals surface area contributed by atoms with Crippen molar-refractivity contribution in [3.05, 3.63) is 59.8 Å². The number of anilines is 1. The SMILES string of the molecule is CN(C)c1cccc(CC[C@@H]2CCCCN2C(=O)c2ccccc2)n1. The first-order chi connectivity index (χ1) is 12.1. The number of benzene rings is 1. The van der Waals surface area contributed by atoms with E-state index in [0.29, 0.717) is 6.04 Å². The number of pyridine rings is 1. The first kappa shape index (κ1) is 17.5. The maximum absolute atomic E-state index is 12.9. The first-order valence-electron chi connectivity index (χ1n) is 9.14. The van der Waals surface area contributed by atoms with Crippen molar-refractivity contribution in [2.45, 2.75) is 38.1 Å². The van der Waals surface area contributed by atoms with Gasteiger partial charge >= 0.3 is 0 Å². The van der Waals surface area contributed by atoms with Crippen LogP contribution >= 0.6 is 0 Å². The molecule has 1 aliphatic heterocycles. The first-order valence-corrected chi connectivity index (χ1v) is 9.14. The highest BCUT2D eigenvalue weighted by Gasteiger charge is 2.27. The van der Waals surface area contributed by atoms with E-state index in [1.54, 1.807) is 0 Å². The molecule has 0 aliphatic carbocycles. The van der Waals surface area contributed by atoms with E-state index in [4.69, 9.17) is 4.98 Å². The van der Waals surface area contributed by atoms with Crippen molar-refractivity contribution in [3.8, 4) is 0 Å². The molecule has 0 bridgehead atoms. The number of carbonyl (C=O) groups is 1. The summed E-state index contributed by atoms with van der Waals surface area (Å²) in [6.07, 6.45) is 5.27. The van der Waals surface area contributed by atoms with E-state index in [1.165, 1.54) is 6.42 Å². The van der Waals surface area contributed by atoms with Crippen LogP contribution in [0.4, 0.5) is 5.82 Å². The number of piperidine rings is 1. The molecule has 2 aromatic rings. The summed E-state index contributed by atoms with van der Waals surface area (Å²) >= 11 is 0. The van der Waals surface area contributed by atoms with Gasteiger partial charge in [0.25, 0.3) is 5.91 Å². The summed E-state index contributed by atoms with van der Waals surface area (Å²) < 4.78 is 0. The third kappa shape index (κ3) is 4.38. The summed E-state index contributed by atoms with van der Waals surface area (Å²) in [7, 11) is 4.01. The van der Waals surface area contributed by atoms with E-state index >= 15 is 0 Å². The number of amides is 1. The molecule has 1 saturated heterocycles. The highest BCUT2D eigenvalue weighted by atomic mass is 16.2. The van der Waals surface area contributed by atoms with Crippen molar-refractivity contribution in [1.82, 2.24) is 9.88 Å². The van der Waals surface area contributed by atoms with Gasteiger partial charge in [0.15, 0.2) is 0 Å². The molecule has 2 heterocycles. The fraction of sp³-hybridized carbons (Fsp3) is 0.429. The van der Waals surface area contributed by atoms with Crippen LogP contribution in [0.5, 0.6) is 0 Å². The van der Waals surface area contributed by atoms with Gasteiger partial charge in [-0.05, 0) is 56.4 Å². The number of aryl methyl sites for hydroxylation is 1. The smallest absolute Gasteiger partial charge is 0.254 e. The summed E-state index contributed by atoms with van der Waals surface area (Å²) in [5.74, 6) is 1.15. The van der Waals surface area contributed by atoms with E-state index in [1.807, 2.05) is 55.4 Å². The second-order valence-electron chi connectivity index (χ2n) is 6.93. The fourth-order valence-electron chi connectivity index (χ4n) is 3.48. The third-order valence-electron chi connectivity index (χ3n) is 4.89. The Hall–Kier alpha value is -2.36. The number of likely N-dealkylation sites (tertiary alicyclic amines) is 1. The zero-order valence-electron chi connectivity index (χ0n) is 15.2. The van der Waals surface area contributed by atoms with E-state index < -0.39 is 0 Å². The normalized spacial score (nSPS) is 17.4. The van der Waals surface area contributed by atoms with Crippen molar-refractivity contribution in [2.75, 3.05) is 25.5 Å². The van der Waals surface area contributed by atoms with Gasteiger partial charge in [0.2, 0.25) is 0 Å². The molecule has 4 nitrogen and oxygen atoms in total. The molecule has 0 unspecified atom stereocenters. The fourth-order valence-corrected chi connectivity index (χ4v) is 3.48. The summed E-state index contributed by atoms with van der Waals surface area (Å²) in [5, 5.41) is 0. The van der Waals surface area contributed by atoms with Crippen LogP contribution in [0.1, 0.15) is 41.7 Å². The van der Waals surface area contributed by atoms with Crippen molar-refractivity contribution < 1.29 is 4.79 Å². The predicted molar refractivity (Wildman–Crippen MR) is 102 cm³/mol. The van der Waals surface area contributed by atoms with Crippen LogP contribution in [-0.2, 0) is 6.42 Å². The molecule has 0 N–H and O–H groups in total. The maximum atomic E-state index is 12.9. The van der Waals surface area contributed by atoms with Crippen molar-refractivity contribution in [2.24, 2.45) is 0 Å². The molecule has 3 rings (SSSR count). The average Bonchev–Trinajstić information content (AvgIpc) is 2.67. The summed E-state index contributed by atoms with van der Waals surface area (Å²) in [6, 6.07) is 16.1. The minimum atomic E-state index is 0.167. The Morgan fingerprint density at radius 2 is 1.92 bits per heavy atom. The molecule has 1 amide bonds. The maximum Gasteiger partial charge on any atom is 0.254 e. The summed E-state index contributed by atoms with van der Waals surface area (Å²) in [5.41, 5.74) is 1.89. The van der Waals surface area contributed by atoms with Crippen molar-refractivity contribution in [1.29, 1.82) is 0 Å². The quantitative estimate of drug-likeness (QED) is 0.833. The molecule has 1 atom stereocenters. The van der Waals surface area contributed by atoms with Gasteiger partial charge in [-0.15, -0.1) is 0 Å². The minimum Gasteiger partial charge on any atom is -0.363 e. The lowest BCUT2D eigenvalue weighted by molar-refractivity contribution is 0.0601.